The number of hydrogen-bond acceptors (Lipinski definition) is 5. The highest BCUT2D eigenvalue weighted by Gasteiger charge is 2.61. The number of rotatable bonds is 3. The number of nitrogens with zero attached hydrogens (tertiary/aromatic N) is 2. The predicted molar refractivity (Wildman–Crippen MR) is 78.4 cm³/mol. The number of ether oxygens (including phenoxy) is 3. The fourth-order valence-corrected chi connectivity index (χ4v) is 3.85. The van der Waals surface area contributed by atoms with Crippen LogP contribution in [0.4, 0.5) is 0 Å². The van der Waals surface area contributed by atoms with Gasteiger partial charge < -0.3 is 18.6 Å². The molecule has 1 saturated carbocycles. The number of hydrogen-bond donors (Lipinski definition) is 0. The summed E-state index contributed by atoms with van der Waals surface area (Å²) in [7, 11) is 2.89. The van der Waals surface area contributed by atoms with Gasteiger partial charge in [-0.25, -0.2) is 9.78 Å². The number of esters is 1. The molecule has 0 radical (unpaired) electrons. The standard InChI is InChI=1S/C16H18N2O4/c1-15-7-16(8-15,9-22-15)12-6-18-5-10(14(19)21-3)11(20-2)4-13(18)17-12/h4-6H,7-9H2,1-3H3. The molecule has 4 heterocycles. The first-order chi connectivity index (χ1) is 10.5. The van der Waals surface area contributed by atoms with Crippen LogP contribution < -0.4 is 4.74 Å². The van der Waals surface area contributed by atoms with Crippen LogP contribution in [-0.4, -0.2) is 41.8 Å². The summed E-state index contributed by atoms with van der Waals surface area (Å²) in [5, 5.41) is 0. The Morgan fingerprint density at radius 1 is 1.36 bits per heavy atom. The zero-order chi connectivity index (χ0) is 15.5. The Bertz CT molecular complexity index is 774. The van der Waals surface area contributed by atoms with Gasteiger partial charge in [0.1, 0.15) is 17.0 Å². The van der Waals surface area contributed by atoms with Crippen molar-refractivity contribution in [1.29, 1.82) is 0 Å². The molecule has 3 fully saturated rings. The topological polar surface area (TPSA) is 62.1 Å². The molecule has 2 aromatic heterocycles. The monoisotopic (exact) mass is 302 g/mol. The van der Waals surface area contributed by atoms with Gasteiger partial charge in [-0.15, -0.1) is 0 Å². The van der Waals surface area contributed by atoms with E-state index in [1.807, 2.05) is 10.6 Å². The van der Waals surface area contributed by atoms with Gasteiger partial charge in [-0.3, -0.25) is 0 Å². The first-order valence-corrected chi connectivity index (χ1v) is 7.28. The van der Waals surface area contributed by atoms with Crippen molar-refractivity contribution < 1.29 is 19.0 Å². The lowest BCUT2D eigenvalue weighted by Crippen LogP contribution is -2.45. The molecule has 5 rings (SSSR count). The number of fused-ring (bicyclic) bond motifs is 2. The second kappa shape index (κ2) is 4.23. The number of aromatic nitrogens is 2. The fourth-order valence-electron chi connectivity index (χ4n) is 3.85. The summed E-state index contributed by atoms with van der Waals surface area (Å²) >= 11 is 0. The average molecular weight is 302 g/mol. The fraction of sp³-hybridized carbons (Fsp3) is 0.500. The summed E-state index contributed by atoms with van der Waals surface area (Å²) in [5.41, 5.74) is 2.21. The first kappa shape index (κ1) is 13.6. The minimum Gasteiger partial charge on any atom is -0.496 e. The van der Waals surface area contributed by atoms with Crippen molar-refractivity contribution >= 4 is 11.6 Å². The van der Waals surface area contributed by atoms with E-state index in [1.54, 1.807) is 12.3 Å². The molecule has 2 aromatic rings. The number of methoxy groups -OCH3 is 2. The van der Waals surface area contributed by atoms with Crippen LogP contribution in [0, 0.1) is 0 Å². The normalized spacial score (nSPS) is 29.4. The van der Waals surface area contributed by atoms with E-state index >= 15 is 0 Å². The Morgan fingerprint density at radius 3 is 2.73 bits per heavy atom. The molecule has 2 bridgehead atoms. The van der Waals surface area contributed by atoms with E-state index in [0.29, 0.717) is 17.9 Å². The van der Waals surface area contributed by atoms with E-state index < -0.39 is 5.97 Å². The minimum absolute atomic E-state index is 0.0185. The summed E-state index contributed by atoms with van der Waals surface area (Å²) in [4.78, 5) is 16.6. The van der Waals surface area contributed by atoms with Crippen molar-refractivity contribution in [2.45, 2.75) is 30.8 Å². The summed E-state index contributed by atoms with van der Waals surface area (Å²) in [6.07, 6.45) is 5.70. The Kier molecular flexibility index (Phi) is 2.61. The third kappa shape index (κ3) is 1.70. The van der Waals surface area contributed by atoms with Crippen LogP contribution in [0.1, 0.15) is 35.8 Å². The van der Waals surface area contributed by atoms with E-state index in [4.69, 9.17) is 19.2 Å². The second-order valence-corrected chi connectivity index (χ2v) is 6.51. The van der Waals surface area contributed by atoms with Crippen molar-refractivity contribution in [3.8, 4) is 5.75 Å². The maximum Gasteiger partial charge on any atom is 0.343 e. The number of carbonyl (C=O) groups excluding carboxylic acids is 1. The Hall–Kier alpha value is -2.08. The van der Waals surface area contributed by atoms with Crippen LogP contribution in [0.3, 0.4) is 0 Å². The molecule has 22 heavy (non-hydrogen) atoms. The molecular weight excluding hydrogens is 284 g/mol. The van der Waals surface area contributed by atoms with Crippen molar-refractivity contribution in [2.75, 3.05) is 20.8 Å². The van der Waals surface area contributed by atoms with Gasteiger partial charge in [0, 0.05) is 23.9 Å². The molecule has 116 valence electrons. The average Bonchev–Trinajstić information content (AvgIpc) is 3.14. The Labute approximate surface area is 128 Å². The number of pyridine rings is 1. The molecule has 6 nitrogen and oxygen atoms in total. The zero-order valence-corrected chi connectivity index (χ0v) is 12.9. The van der Waals surface area contributed by atoms with Gasteiger partial charge >= 0.3 is 5.97 Å². The van der Waals surface area contributed by atoms with Crippen LogP contribution >= 0.6 is 0 Å². The molecular formula is C16H18N2O4. The van der Waals surface area contributed by atoms with Crippen LogP contribution in [0.15, 0.2) is 18.5 Å². The molecule has 6 heteroatoms. The summed E-state index contributed by atoms with van der Waals surface area (Å²) in [5.74, 6) is 0.0442. The number of imidazole rings is 1. The predicted octanol–water partition coefficient (Wildman–Crippen LogP) is 1.95. The molecule has 3 aliphatic rings. The molecule has 0 amide bonds. The van der Waals surface area contributed by atoms with Gasteiger partial charge in [0.15, 0.2) is 0 Å². The molecule has 0 aromatic carbocycles. The molecule has 1 aliphatic carbocycles. The highest BCUT2D eigenvalue weighted by atomic mass is 16.5. The van der Waals surface area contributed by atoms with Gasteiger partial charge in [0.05, 0.1) is 32.1 Å². The quantitative estimate of drug-likeness (QED) is 0.811. The summed E-state index contributed by atoms with van der Waals surface area (Å²) in [6, 6.07) is 1.76. The highest BCUT2D eigenvalue weighted by molar-refractivity contribution is 5.92. The largest absolute Gasteiger partial charge is 0.496 e. The highest BCUT2D eigenvalue weighted by Crippen LogP contribution is 2.58. The lowest BCUT2D eigenvalue weighted by Gasteiger charge is -2.41. The Morgan fingerprint density at radius 2 is 2.14 bits per heavy atom. The number of carbonyl (C=O) groups is 1. The second-order valence-electron chi connectivity index (χ2n) is 6.51. The van der Waals surface area contributed by atoms with E-state index in [0.717, 1.165) is 24.2 Å². The van der Waals surface area contributed by atoms with Crippen molar-refractivity contribution in [3.05, 3.63) is 29.7 Å². The van der Waals surface area contributed by atoms with Gasteiger partial charge in [0.25, 0.3) is 0 Å². The smallest absolute Gasteiger partial charge is 0.343 e. The third-order valence-electron chi connectivity index (χ3n) is 4.84. The molecule has 0 spiro atoms. The summed E-state index contributed by atoms with van der Waals surface area (Å²) in [6.45, 7) is 2.86. The SMILES string of the molecule is COC(=O)c1cn2cc(C34COC(C)(C3)C4)nc2cc1OC. The first-order valence-electron chi connectivity index (χ1n) is 7.28. The van der Waals surface area contributed by atoms with Crippen molar-refractivity contribution in [2.24, 2.45) is 0 Å². The van der Waals surface area contributed by atoms with Crippen LogP contribution in [-0.2, 0) is 14.9 Å². The van der Waals surface area contributed by atoms with Crippen LogP contribution in [0.25, 0.3) is 5.65 Å². The lowest BCUT2D eigenvalue weighted by molar-refractivity contribution is 0.0154. The maximum absolute atomic E-state index is 11.9. The minimum atomic E-state index is -0.424. The van der Waals surface area contributed by atoms with E-state index in [1.165, 1.54) is 14.2 Å². The van der Waals surface area contributed by atoms with Gasteiger partial charge in [-0.2, -0.15) is 0 Å². The van der Waals surface area contributed by atoms with E-state index in [9.17, 15) is 4.79 Å². The Balaban J connectivity index is 1.80. The zero-order valence-electron chi connectivity index (χ0n) is 12.9. The summed E-state index contributed by atoms with van der Waals surface area (Å²) < 4.78 is 17.8. The molecule has 2 saturated heterocycles. The van der Waals surface area contributed by atoms with Crippen molar-refractivity contribution in [3.63, 3.8) is 0 Å². The maximum atomic E-state index is 11.9. The van der Waals surface area contributed by atoms with Gasteiger partial charge in [0.2, 0.25) is 0 Å². The molecule has 0 N–H and O–H groups in total. The van der Waals surface area contributed by atoms with E-state index in [-0.39, 0.29) is 11.0 Å². The third-order valence-corrected chi connectivity index (χ3v) is 4.84. The molecule has 0 unspecified atom stereocenters. The lowest BCUT2D eigenvalue weighted by atomic mass is 9.62. The van der Waals surface area contributed by atoms with E-state index in [2.05, 4.69) is 6.92 Å². The van der Waals surface area contributed by atoms with Gasteiger partial charge in [-0.1, -0.05) is 0 Å². The van der Waals surface area contributed by atoms with Crippen LogP contribution in [0.5, 0.6) is 5.75 Å². The van der Waals surface area contributed by atoms with Crippen molar-refractivity contribution in [1.82, 2.24) is 9.38 Å². The molecule has 0 atom stereocenters. The van der Waals surface area contributed by atoms with Crippen LogP contribution in [0.2, 0.25) is 0 Å². The van der Waals surface area contributed by atoms with Gasteiger partial charge in [-0.05, 0) is 19.8 Å². The molecule has 2 aliphatic heterocycles.